The minimum absolute atomic E-state index is 0.888. The van der Waals surface area contributed by atoms with Crippen molar-refractivity contribution in [2.45, 2.75) is 0 Å². The first kappa shape index (κ1) is 30.0. The van der Waals surface area contributed by atoms with Gasteiger partial charge in [0.25, 0.3) is 0 Å². The Labute approximate surface area is 302 Å². The lowest BCUT2D eigenvalue weighted by Crippen LogP contribution is -2.11. The van der Waals surface area contributed by atoms with E-state index >= 15 is 0 Å². The van der Waals surface area contributed by atoms with Crippen LogP contribution in [0.1, 0.15) is 0 Å². The van der Waals surface area contributed by atoms with Gasteiger partial charge < -0.3 is 9.32 Å². The van der Waals surface area contributed by atoms with Crippen LogP contribution in [0.5, 0.6) is 0 Å². The molecule has 0 N–H and O–H groups in total. The molecule has 0 saturated heterocycles. The van der Waals surface area contributed by atoms with Crippen molar-refractivity contribution in [2.24, 2.45) is 0 Å². The van der Waals surface area contributed by atoms with E-state index in [9.17, 15) is 0 Å². The van der Waals surface area contributed by atoms with Crippen LogP contribution in [0.25, 0.3) is 76.9 Å². The van der Waals surface area contributed by atoms with Crippen molar-refractivity contribution in [3.63, 3.8) is 0 Å². The molecule has 0 fully saturated rings. The van der Waals surface area contributed by atoms with E-state index in [1.54, 1.807) is 0 Å². The largest absolute Gasteiger partial charge is 0.456 e. The fourth-order valence-electron chi connectivity index (χ4n) is 7.69. The summed E-state index contributed by atoms with van der Waals surface area (Å²) in [7, 11) is 0. The number of anilines is 3. The van der Waals surface area contributed by atoms with Crippen LogP contribution < -0.4 is 4.90 Å². The average Bonchev–Trinajstić information content (AvgIpc) is 3.58. The van der Waals surface area contributed by atoms with Crippen LogP contribution >= 0.6 is 0 Å². The smallest absolute Gasteiger partial charge is 0.136 e. The molecule has 0 aliphatic heterocycles. The molecule has 10 aromatic rings. The van der Waals surface area contributed by atoms with Crippen molar-refractivity contribution in [1.29, 1.82) is 0 Å². The third-order valence-corrected chi connectivity index (χ3v) is 10.2. The molecule has 0 saturated carbocycles. The van der Waals surface area contributed by atoms with Crippen molar-refractivity contribution in [1.82, 2.24) is 0 Å². The van der Waals surface area contributed by atoms with Crippen LogP contribution in [0.2, 0.25) is 0 Å². The molecule has 0 aliphatic rings. The first-order valence-corrected chi connectivity index (χ1v) is 17.8. The number of rotatable bonds is 6. The van der Waals surface area contributed by atoms with Gasteiger partial charge in [-0.1, -0.05) is 140 Å². The highest BCUT2D eigenvalue weighted by Crippen LogP contribution is 2.45. The van der Waals surface area contributed by atoms with Gasteiger partial charge in [-0.05, 0) is 110 Å². The lowest BCUT2D eigenvalue weighted by Gasteiger charge is -2.28. The Balaban J connectivity index is 1.08. The Hall–Kier alpha value is -6.90. The van der Waals surface area contributed by atoms with Crippen LogP contribution in [0, 0.1) is 0 Å². The molecule has 2 nitrogen and oxygen atoms in total. The van der Waals surface area contributed by atoms with Crippen molar-refractivity contribution in [2.75, 3.05) is 4.90 Å². The van der Waals surface area contributed by atoms with Gasteiger partial charge in [0.05, 0.1) is 5.69 Å². The Morgan fingerprint density at radius 3 is 1.71 bits per heavy atom. The summed E-state index contributed by atoms with van der Waals surface area (Å²) in [5.74, 6) is 0. The topological polar surface area (TPSA) is 16.4 Å². The van der Waals surface area contributed by atoms with Crippen LogP contribution in [0.4, 0.5) is 17.1 Å². The van der Waals surface area contributed by atoms with E-state index in [1.807, 2.05) is 0 Å². The van der Waals surface area contributed by atoms with Gasteiger partial charge in [0.2, 0.25) is 0 Å². The number of hydrogen-bond donors (Lipinski definition) is 0. The zero-order valence-electron chi connectivity index (χ0n) is 28.4. The molecule has 0 aliphatic carbocycles. The predicted molar refractivity (Wildman–Crippen MR) is 220 cm³/mol. The predicted octanol–water partition coefficient (Wildman–Crippen LogP) is 14.4. The van der Waals surface area contributed by atoms with E-state index in [0.29, 0.717) is 0 Å². The molecule has 9 aromatic carbocycles. The van der Waals surface area contributed by atoms with E-state index in [0.717, 1.165) is 50.1 Å². The Bertz CT molecular complexity index is 2900. The molecule has 244 valence electrons. The number of hydrogen-bond acceptors (Lipinski definition) is 2. The molecule has 1 aromatic heterocycles. The minimum atomic E-state index is 0.888. The van der Waals surface area contributed by atoms with E-state index in [-0.39, 0.29) is 0 Å². The van der Waals surface area contributed by atoms with Crippen LogP contribution in [0.3, 0.4) is 0 Å². The Kier molecular flexibility index (Phi) is 7.18. The number of para-hydroxylation sites is 2. The van der Waals surface area contributed by atoms with E-state index in [2.05, 4.69) is 205 Å². The maximum Gasteiger partial charge on any atom is 0.136 e. The maximum absolute atomic E-state index is 6.49. The standard InChI is InChI=1S/C50H33NO/c1-2-18-42(19-3-1)51(43-28-26-35(27-29-43)37-16-10-17-38(30-37)41-25-24-34-12-4-5-13-36(34)31-41)47-22-9-8-20-44(47)45-21-11-23-48-50(45)46-32-39-14-6-7-15-40(39)33-49(46)52-48/h1-33H. The zero-order valence-corrected chi connectivity index (χ0v) is 28.4. The second-order valence-corrected chi connectivity index (χ2v) is 13.4. The second kappa shape index (κ2) is 12.5. The second-order valence-electron chi connectivity index (χ2n) is 13.4. The van der Waals surface area contributed by atoms with Crippen molar-refractivity contribution in [3.8, 4) is 33.4 Å². The summed E-state index contributed by atoms with van der Waals surface area (Å²) in [6, 6.07) is 71.7. The van der Waals surface area contributed by atoms with Gasteiger partial charge in [0, 0.05) is 27.7 Å². The molecular weight excluding hydrogens is 631 g/mol. The third-order valence-electron chi connectivity index (χ3n) is 10.2. The van der Waals surface area contributed by atoms with Crippen molar-refractivity contribution < 1.29 is 4.42 Å². The summed E-state index contributed by atoms with van der Waals surface area (Å²) in [6.45, 7) is 0. The van der Waals surface area contributed by atoms with Crippen molar-refractivity contribution >= 4 is 60.5 Å². The first-order valence-electron chi connectivity index (χ1n) is 17.8. The Morgan fingerprint density at radius 2 is 0.904 bits per heavy atom. The molecule has 0 atom stereocenters. The molecule has 0 bridgehead atoms. The number of fused-ring (bicyclic) bond motifs is 5. The maximum atomic E-state index is 6.49. The van der Waals surface area contributed by atoms with Crippen LogP contribution in [-0.4, -0.2) is 0 Å². The van der Waals surface area contributed by atoms with Gasteiger partial charge in [-0.3, -0.25) is 0 Å². The van der Waals surface area contributed by atoms with Crippen molar-refractivity contribution in [3.05, 3.63) is 200 Å². The summed E-state index contributed by atoms with van der Waals surface area (Å²) < 4.78 is 6.49. The van der Waals surface area contributed by atoms with Gasteiger partial charge in [-0.15, -0.1) is 0 Å². The van der Waals surface area contributed by atoms with E-state index < -0.39 is 0 Å². The monoisotopic (exact) mass is 663 g/mol. The molecule has 0 amide bonds. The van der Waals surface area contributed by atoms with Gasteiger partial charge in [-0.2, -0.15) is 0 Å². The molecule has 52 heavy (non-hydrogen) atoms. The van der Waals surface area contributed by atoms with Gasteiger partial charge in [0.1, 0.15) is 11.2 Å². The van der Waals surface area contributed by atoms with Crippen LogP contribution in [-0.2, 0) is 0 Å². The summed E-state index contributed by atoms with van der Waals surface area (Å²) in [5.41, 5.74) is 12.1. The SMILES string of the molecule is c1ccc(N(c2ccc(-c3cccc(-c4ccc5ccccc5c4)c3)cc2)c2ccccc2-c2cccc3oc4cc5ccccc5cc4c23)cc1. The summed E-state index contributed by atoms with van der Waals surface area (Å²) in [6.07, 6.45) is 0. The molecule has 0 spiro atoms. The van der Waals surface area contributed by atoms with Gasteiger partial charge >= 0.3 is 0 Å². The normalized spacial score (nSPS) is 11.5. The fourth-order valence-corrected chi connectivity index (χ4v) is 7.69. The highest BCUT2D eigenvalue weighted by molar-refractivity contribution is 6.16. The first-order chi connectivity index (χ1) is 25.8. The number of benzene rings is 9. The number of furan rings is 1. The summed E-state index contributed by atoms with van der Waals surface area (Å²) in [4.78, 5) is 2.36. The van der Waals surface area contributed by atoms with Gasteiger partial charge in [-0.25, -0.2) is 0 Å². The molecule has 10 rings (SSSR count). The van der Waals surface area contributed by atoms with Crippen LogP contribution in [0.15, 0.2) is 205 Å². The fraction of sp³-hybridized carbons (Fsp3) is 0. The summed E-state index contributed by atoms with van der Waals surface area (Å²) in [5, 5.41) is 7.14. The highest BCUT2D eigenvalue weighted by Gasteiger charge is 2.20. The zero-order chi connectivity index (χ0) is 34.4. The average molecular weight is 664 g/mol. The Morgan fingerprint density at radius 1 is 0.327 bits per heavy atom. The highest BCUT2D eigenvalue weighted by atomic mass is 16.3. The number of nitrogens with zero attached hydrogens (tertiary/aromatic N) is 1. The summed E-state index contributed by atoms with van der Waals surface area (Å²) >= 11 is 0. The molecule has 0 radical (unpaired) electrons. The molecular formula is C50H33NO. The molecule has 1 heterocycles. The third kappa shape index (κ3) is 5.21. The van der Waals surface area contributed by atoms with Gasteiger partial charge in [0.15, 0.2) is 0 Å². The van der Waals surface area contributed by atoms with E-state index in [4.69, 9.17) is 4.42 Å². The quantitative estimate of drug-likeness (QED) is 0.176. The van der Waals surface area contributed by atoms with E-state index in [1.165, 1.54) is 43.8 Å². The minimum Gasteiger partial charge on any atom is -0.456 e. The lowest BCUT2D eigenvalue weighted by atomic mass is 9.95. The molecule has 2 heteroatoms. The molecule has 0 unspecified atom stereocenters. The lowest BCUT2D eigenvalue weighted by molar-refractivity contribution is 0.669.